The van der Waals surface area contributed by atoms with Crippen LogP contribution in [0.15, 0.2) is 30.3 Å². The van der Waals surface area contributed by atoms with Crippen LogP contribution in [0.25, 0.3) is 6.08 Å². The summed E-state index contributed by atoms with van der Waals surface area (Å²) in [5.41, 5.74) is 11.7. The molecule has 0 spiro atoms. The van der Waals surface area contributed by atoms with E-state index in [9.17, 15) is 19.5 Å². The minimum absolute atomic E-state index is 0.0115. The van der Waals surface area contributed by atoms with Crippen LogP contribution in [0.1, 0.15) is 96.6 Å². The Labute approximate surface area is 303 Å². The van der Waals surface area contributed by atoms with Gasteiger partial charge in [0.1, 0.15) is 11.9 Å². The number of hydrogen-bond donors (Lipinski definition) is 5. The monoisotopic (exact) mass is 710 g/mol. The summed E-state index contributed by atoms with van der Waals surface area (Å²) >= 11 is 1.67. The molecule has 0 saturated heterocycles. The van der Waals surface area contributed by atoms with E-state index in [1.807, 2.05) is 0 Å². The summed E-state index contributed by atoms with van der Waals surface area (Å²) in [6.45, 7) is 11.5. The van der Waals surface area contributed by atoms with Crippen LogP contribution >= 0.6 is 11.8 Å². The highest BCUT2D eigenvalue weighted by molar-refractivity contribution is 8.00. The normalized spacial score (nSPS) is 37.2. The Hall–Kier alpha value is -2.24. The van der Waals surface area contributed by atoms with Crippen LogP contribution in [0.4, 0.5) is 0 Å². The molecule has 1 aromatic carbocycles. The Morgan fingerprint density at radius 2 is 1.78 bits per heavy atom. The van der Waals surface area contributed by atoms with Crippen molar-refractivity contribution in [2.75, 3.05) is 31.9 Å². The first-order valence-corrected chi connectivity index (χ1v) is 20.1. The van der Waals surface area contributed by atoms with E-state index < -0.39 is 23.0 Å². The number of hydrogen-bond acceptors (Lipinski definition) is 9. The van der Waals surface area contributed by atoms with E-state index in [0.29, 0.717) is 37.1 Å². The molecule has 0 aliphatic heterocycles. The molecule has 8 atom stereocenters. The number of Topliss-reactive ketones (excluding diaryl/α,β-unsaturated/α-hetero) is 1. The molecule has 1 aromatic rings. The second-order valence-corrected chi connectivity index (χ2v) is 17.7. The molecule has 7 N–H and O–H groups in total. The zero-order valence-electron chi connectivity index (χ0n) is 30.8. The van der Waals surface area contributed by atoms with Crippen molar-refractivity contribution in [3.63, 3.8) is 0 Å². The lowest BCUT2D eigenvalue weighted by Crippen LogP contribution is -2.63. The average molecular weight is 711 g/mol. The smallest absolute Gasteiger partial charge is 0.316 e. The Balaban J connectivity index is 1.34. The standard InChI is InChI=1S/C40H62N4O5S/c1-26-13-17-40-18-15-32(45)36(40)39(26,4)33(49-35(47)25-50-31-11-9-30(10-12-31)24-44-34(46)22-42)21-38(3,37(48)27(40)2)16-14-28-5-7-29(8-6-28)23-43-20-19-41/h5-8,14,16,26-27,30-31,33,36-37,43,48H,9-13,15,17-25,41-42H2,1-4H3,(H,44,46)/b16-14+/t26-,27+,30?,31?,33-,36?,37+,38+,39+,40+/m1/s1. The maximum Gasteiger partial charge on any atom is 0.316 e. The van der Waals surface area contributed by atoms with Gasteiger partial charge in [0.25, 0.3) is 0 Å². The number of amides is 1. The number of aliphatic hydroxyl groups is 1. The minimum atomic E-state index is -0.703. The zero-order chi connectivity index (χ0) is 36.1. The van der Waals surface area contributed by atoms with E-state index in [1.54, 1.807) is 11.8 Å². The Morgan fingerprint density at radius 3 is 2.46 bits per heavy atom. The first-order valence-electron chi connectivity index (χ1n) is 19.0. The molecule has 10 heteroatoms. The molecule has 0 aromatic heterocycles. The number of thioether (sulfide) groups is 1. The summed E-state index contributed by atoms with van der Waals surface area (Å²) in [6, 6.07) is 8.41. The van der Waals surface area contributed by atoms with Crippen molar-refractivity contribution in [1.82, 2.24) is 10.6 Å². The molecular formula is C40H62N4O5S. The van der Waals surface area contributed by atoms with Crippen LogP contribution in [0, 0.1) is 39.9 Å². The lowest BCUT2D eigenvalue weighted by atomic mass is 9.44. The van der Waals surface area contributed by atoms with Gasteiger partial charge in [0.05, 0.1) is 18.4 Å². The number of ketones is 1. The predicted molar refractivity (Wildman–Crippen MR) is 201 cm³/mol. The number of benzene rings is 1. The third-order valence-corrected chi connectivity index (χ3v) is 14.7. The summed E-state index contributed by atoms with van der Waals surface area (Å²) in [6.07, 6.45) is 10.7. The Bertz CT molecular complexity index is 1370. The van der Waals surface area contributed by atoms with Gasteiger partial charge >= 0.3 is 5.97 Å². The van der Waals surface area contributed by atoms with Crippen LogP contribution in [-0.2, 0) is 25.7 Å². The molecule has 4 fully saturated rings. The van der Waals surface area contributed by atoms with Crippen LogP contribution in [-0.4, -0.2) is 72.2 Å². The summed E-state index contributed by atoms with van der Waals surface area (Å²) in [5, 5.41) is 18.9. The molecule has 50 heavy (non-hydrogen) atoms. The molecule has 0 radical (unpaired) electrons. The topological polar surface area (TPSA) is 157 Å². The van der Waals surface area contributed by atoms with Gasteiger partial charge in [0.15, 0.2) is 0 Å². The number of esters is 1. The number of rotatable bonds is 13. The van der Waals surface area contributed by atoms with Crippen LogP contribution < -0.4 is 22.1 Å². The van der Waals surface area contributed by atoms with Crippen molar-refractivity contribution in [3.05, 3.63) is 41.5 Å². The first-order chi connectivity index (χ1) is 23.9. The highest BCUT2D eigenvalue weighted by Gasteiger charge is 2.68. The molecule has 5 rings (SSSR count). The van der Waals surface area contributed by atoms with Crippen LogP contribution in [0.2, 0.25) is 0 Å². The molecule has 1 amide bonds. The fourth-order valence-electron chi connectivity index (χ4n) is 10.0. The van der Waals surface area contributed by atoms with E-state index in [2.05, 4.69) is 74.7 Å². The Kier molecular flexibility index (Phi) is 13.0. The van der Waals surface area contributed by atoms with Gasteiger partial charge in [-0.1, -0.05) is 64.1 Å². The van der Waals surface area contributed by atoms with Crippen LogP contribution in [0.3, 0.4) is 0 Å². The fourth-order valence-corrected chi connectivity index (χ4v) is 11.1. The molecule has 2 bridgehead atoms. The molecule has 0 heterocycles. The van der Waals surface area contributed by atoms with Gasteiger partial charge in [0, 0.05) is 54.6 Å². The highest BCUT2D eigenvalue weighted by atomic mass is 32.2. The number of nitrogens with two attached hydrogens (primary N) is 2. The SMILES string of the molecule is C[C@@H]1CC[C@@]23CCC(=O)C2[C@]1(C)[C@H](OC(=O)CSC1CCC(CNC(=O)CN)CC1)C[C@](C)(/C=C/c1ccc(CNCCN)cc1)[C@@H](O)[C@@H]3C. The Morgan fingerprint density at radius 1 is 1.06 bits per heavy atom. The first kappa shape index (κ1) is 39.0. The van der Waals surface area contributed by atoms with Crippen molar-refractivity contribution in [2.45, 2.75) is 109 Å². The molecule has 9 nitrogen and oxygen atoms in total. The lowest BCUT2D eigenvalue weighted by Gasteiger charge is -2.61. The van der Waals surface area contributed by atoms with Gasteiger partial charge < -0.3 is 31.9 Å². The van der Waals surface area contributed by atoms with E-state index in [0.717, 1.165) is 63.6 Å². The maximum absolute atomic E-state index is 13.9. The minimum Gasteiger partial charge on any atom is -0.461 e. The predicted octanol–water partition coefficient (Wildman–Crippen LogP) is 4.84. The number of carbonyl (C=O) groups is 3. The third kappa shape index (κ3) is 8.20. The zero-order valence-corrected chi connectivity index (χ0v) is 31.6. The van der Waals surface area contributed by atoms with Crippen molar-refractivity contribution in [3.8, 4) is 0 Å². The van der Waals surface area contributed by atoms with Crippen molar-refractivity contribution < 1.29 is 24.2 Å². The number of aliphatic hydroxyl groups excluding tert-OH is 1. The molecule has 278 valence electrons. The fraction of sp³-hybridized carbons (Fsp3) is 0.725. The van der Waals surface area contributed by atoms with E-state index in [4.69, 9.17) is 16.2 Å². The molecule has 4 aliphatic rings. The number of ether oxygens (including phenoxy) is 1. The largest absolute Gasteiger partial charge is 0.461 e. The molecule has 4 aliphatic carbocycles. The van der Waals surface area contributed by atoms with E-state index in [-0.39, 0.29) is 53.1 Å². The summed E-state index contributed by atoms with van der Waals surface area (Å²) < 4.78 is 6.59. The van der Waals surface area contributed by atoms with Gasteiger partial charge in [-0.15, -0.1) is 11.8 Å². The van der Waals surface area contributed by atoms with Gasteiger partial charge in [-0.25, -0.2) is 0 Å². The van der Waals surface area contributed by atoms with E-state index >= 15 is 0 Å². The highest BCUT2D eigenvalue weighted by Crippen LogP contribution is 2.68. The third-order valence-electron chi connectivity index (χ3n) is 13.4. The molecular weight excluding hydrogens is 649 g/mol. The molecule has 1 unspecified atom stereocenters. The van der Waals surface area contributed by atoms with Crippen molar-refractivity contribution >= 4 is 35.5 Å². The average Bonchev–Trinajstić information content (AvgIpc) is 3.48. The summed E-state index contributed by atoms with van der Waals surface area (Å²) in [5.74, 6) is 0.498. The van der Waals surface area contributed by atoms with E-state index in [1.165, 1.54) is 5.56 Å². The maximum atomic E-state index is 13.9. The quantitative estimate of drug-likeness (QED) is 0.143. The summed E-state index contributed by atoms with van der Waals surface area (Å²) in [7, 11) is 0. The van der Waals surface area contributed by atoms with Crippen LogP contribution in [0.5, 0.6) is 0 Å². The number of nitrogens with one attached hydrogen (secondary N) is 2. The van der Waals surface area contributed by atoms with Gasteiger partial charge in [-0.3, -0.25) is 14.4 Å². The molecule has 4 saturated carbocycles. The van der Waals surface area contributed by atoms with Crippen molar-refractivity contribution in [1.29, 1.82) is 0 Å². The second kappa shape index (κ2) is 16.6. The lowest BCUT2D eigenvalue weighted by molar-refractivity contribution is -0.205. The summed E-state index contributed by atoms with van der Waals surface area (Å²) in [4.78, 5) is 39.2. The van der Waals surface area contributed by atoms with Gasteiger partial charge in [-0.2, -0.15) is 0 Å². The number of carbonyl (C=O) groups excluding carboxylic acids is 3. The van der Waals surface area contributed by atoms with Crippen molar-refractivity contribution in [2.24, 2.45) is 51.4 Å². The van der Waals surface area contributed by atoms with Gasteiger partial charge in [0.2, 0.25) is 5.91 Å². The van der Waals surface area contributed by atoms with Gasteiger partial charge in [-0.05, 0) is 85.7 Å². The second-order valence-electron chi connectivity index (χ2n) is 16.4.